The first-order valence-corrected chi connectivity index (χ1v) is 6.55. The molecule has 110 valence electrons. The van der Waals surface area contributed by atoms with Gasteiger partial charge in [0, 0.05) is 25.6 Å². The molecule has 0 aromatic heterocycles. The highest BCUT2D eigenvalue weighted by Crippen LogP contribution is 2.30. The van der Waals surface area contributed by atoms with Crippen LogP contribution < -0.4 is 20.1 Å². The standard InChI is InChI=1S/C14H20N2O4/c1-19-12-5-3-4-10(13(12)20-2)14(18)16-7-9-6-15-8-11(9)17/h3-5,9,11,15,17H,6-8H2,1-2H3,(H,16,18). The topological polar surface area (TPSA) is 79.8 Å². The summed E-state index contributed by atoms with van der Waals surface area (Å²) in [6, 6.07) is 5.16. The molecule has 2 unspecified atom stereocenters. The Hall–Kier alpha value is -1.79. The second-order valence-corrected chi connectivity index (χ2v) is 4.74. The molecule has 6 heteroatoms. The van der Waals surface area contributed by atoms with Gasteiger partial charge in [0.2, 0.25) is 0 Å². The summed E-state index contributed by atoms with van der Waals surface area (Å²) < 4.78 is 10.4. The van der Waals surface area contributed by atoms with E-state index in [1.165, 1.54) is 14.2 Å². The van der Waals surface area contributed by atoms with E-state index in [2.05, 4.69) is 10.6 Å². The fourth-order valence-electron chi connectivity index (χ4n) is 2.31. The van der Waals surface area contributed by atoms with Crippen LogP contribution in [0, 0.1) is 5.92 Å². The summed E-state index contributed by atoms with van der Waals surface area (Å²) in [5, 5.41) is 15.6. The summed E-state index contributed by atoms with van der Waals surface area (Å²) in [6.07, 6.45) is -0.414. The molecule has 1 aromatic rings. The van der Waals surface area contributed by atoms with Gasteiger partial charge in [-0.25, -0.2) is 0 Å². The number of nitrogens with one attached hydrogen (secondary N) is 2. The lowest BCUT2D eigenvalue weighted by atomic mass is 10.1. The number of hydrogen-bond acceptors (Lipinski definition) is 5. The molecule has 1 saturated heterocycles. The molecule has 1 amide bonds. The van der Waals surface area contributed by atoms with Crippen LogP contribution in [0.15, 0.2) is 18.2 Å². The van der Waals surface area contributed by atoms with E-state index >= 15 is 0 Å². The van der Waals surface area contributed by atoms with Crippen LogP contribution in [0.1, 0.15) is 10.4 Å². The van der Waals surface area contributed by atoms with Crippen molar-refractivity contribution in [2.75, 3.05) is 33.9 Å². The van der Waals surface area contributed by atoms with Crippen LogP contribution in [0.3, 0.4) is 0 Å². The summed E-state index contributed by atoms with van der Waals surface area (Å²) in [6.45, 7) is 1.70. The van der Waals surface area contributed by atoms with Crippen LogP contribution in [0.2, 0.25) is 0 Å². The maximum absolute atomic E-state index is 12.2. The van der Waals surface area contributed by atoms with Crippen molar-refractivity contribution in [3.63, 3.8) is 0 Å². The summed E-state index contributed by atoms with van der Waals surface area (Å²) in [5.41, 5.74) is 0.423. The SMILES string of the molecule is COc1cccc(C(=O)NCC2CNCC2O)c1OC. The summed E-state index contributed by atoms with van der Waals surface area (Å²) >= 11 is 0. The first-order chi connectivity index (χ1) is 9.67. The Morgan fingerprint density at radius 1 is 1.40 bits per heavy atom. The zero-order valence-electron chi connectivity index (χ0n) is 11.7. The lowest BCUT2D eigenvalue weighted by Crippen LogP contribution is -2.34. The number of carbonyl (C=O) groups is 1. The molecule has 20 heavy (non-hydrogen) atoms. The third kappa shape index (κ3) is 3.02. The zero-order chi connectivity index (χ0) is 14.5. The molecule has 1 aliphatic heterocycles. The van der Waals surface area contributed by atoms with Gasteiger partial charge in [-0.2, -0.15) is 0 Å². The lowest BCUT2D eigenvalue weighted by molar-refractivity contribution is 0.0923. The molecule has 0 bridgehead atoms. The van der Waals surface area contributed by atoms with Gasteiger partial charge in [0.05, 0.1) is 25.9 Å². The molecule has 2 rings (SSSR count). The average Bonchev–Trinajstić information content (AvgIpc) is 2.89. The van der Waals surface area contributed by atoms with Gasteiger partial charge in [-0.15, -0.1) is 0 Å². The van der Waals surface area contributed by atoms with E-state index < -0.39 is 6.10 Å². The van der Waals surface area contributed by atoms with Crippen LogP contribution in [0.5, 0.6) is 11.5 Å². The number of amides is 1. The van der Waals surface area contributed by atoms with Gasteiger partial charge in [-0.05, 0) is 12.1 Å². The largest absolute Gasteiger partial charge is 0.493 e. The Kier molecular flexibility index (Phi) is 4.81. The highest BCUT2D eigenvalue weighted by Gasteiger charge is 2.25. The fourth-order valence-corrected chi connectivity index (χ4v) is 2.31. The quantitative estimate of drug-likeness (QED) is 0.708. The van der Waals surface area contributed by atoms with Crippen LogP contribution in [-0.2, 0) is 0 Å². The number of para-hydroxylation sites is 1. The number of carbonyl (C=O) groups excluding carboxylic acids is 1. The van der Waals surface area contributed by atoms with Crippen molar-refractivity contribution in [1.29, 1.82) is 0 Å². The highest BCUT2D eigenvalue weighted by atomic mass is 16.5. The Morgan fingerprint density at radius 3 is 2.80 bits per heavy atom. The Morgan fingerprint density at radius 2 is 2.20 bits per heavy atom. The van der Waals surface area contributed by atoms with Gasteiger partial charge in [0.15, 0.2) is 11.5 Å². The van der Waals surface area contributed by atoms with Gasteiger partial charge < -0.3 is 25.2 Å². The Balaban J connectivity index is 2.05. The molecule has 1 aliphatic rings. The highest BCUT2D eigenvalue weighted by molar-refractivity contribution is 5.97. The Bertz CT molecular complexity index is 478. The molecule has 2 atom stereocenters. The molecule has 6 nitrogen and oxygen atoms in total. The van der Waals surface area contributed by atoms with Crippen LogP contribution in [0.25, 0.3) is 0 Å². The molecule has 0 radical (unpaired) electrons. The molecule has 0 aliphatic carbocycles. The average molecular weight is 280 g/mol. The van der Waals surface area contributed by atoms with Crippen LogP contribution in [-0.4, -0.2) is 51.0 Å². The smallest absolute Gasteiger partial charge is 0.255 e. The van der Waals surface area contributed by atoms with E-state index in [0.717, 1.165) is 0 Å². The predicted molar refractivity (Wildman–Crippen MR) is 74.2 cm³/mol. The van der Waals surface area contributed by atoms with Gasteiger partial charge in [-0.3, -0.25) is 4.79 Å². The maximum atomic E-state index is 12.2. The van der Waals surface area contributed by atoms with E-state index in [9.17, 15) is 9.90 Å². The number of β-amino-alcohol motifs (C(OH)–C–C–N with tert-alkyl or cyclic N) is 1. The molecular weight excluding hydrogens is 260 g/mol. The number of hydrogen-bond donors (Lipinski definition) is 3. The van der Waals surface area contributed by atoms with Crippen molar-refractivity contribution in [2.24, 2.45) is 5.92 Å². The van der Waals surface area contributed by atoms with Crippen molar-refractivity contribution in [3.8, 4) is 11.5 Å². The van der Waals surface area contributed by atoms with Crippen LogP contribution >= 0.6 is 0 Å². The monoisotopic (exact) mass is 280 g/mol. The lowest BCUT2D eigenvalue weighted by Gasteiger charge is -2.16. The van der Waals surface area contributed by atoms with E-state index in [1.54, 1.807) is 18.2 Å². The predicted octanol–water partition coefficient (Wildman–Crippen LogP) is 0.0139. The normalized spacial score (nSPS) is 21.6. The van der Waals surface area contributed by atoms with Crippen molar-refractivity contribution in [1.82, 2.24) is 10.6 Å². The first-order valence-electron chi connectivity index (χ1n) is 6.55. The van der Waals surface area contributed by atoms with Crippen molar-refractivity contribution >= 4 is 5.91 Å². The van der Waals surface area contributed by atoms with Crippen LogP contribution in [0.4, 0.5) is 0 Å². The minimum absolute atomic E-state index is 0.0375. The molecule has 3 N–H and O–H groups in total. The van der Waals surface area contributed by atoms with Crippen molar-refractivity contribution in [2.45, 2.75) is 6.10 Å². The number of aliphatic hydroxyl groups is 1. The van der Waals surface area contributed by atoms with E-state index in [-0.39, 0.29) is 11.8 Å². The number of ether oxygens (including phenoxy) is 2. The molecule has 1 fully saturated rings. The minimum atomic E-state index is -0.414. The van der Waals surface area contributed by atoms with Crippen molar-refractivity contribution in [3.05, 3.63) is 23.8 Å². The minimum Gasteiger partial charge on any atom is -0.493 e. The first kappa shape index (κ1) is 14.6. The van der Waals surface area contributed by atoms with Gasteiger partial charge >= 0.3 is 0 Å². The third-order valence-corrected chi connectivity index (χ3v) is 3.48. The molecular formula is C14H20N2O4. The zero-order valence-corrected chi connectivity index (χ0v) is 11.7. The van der Waals surface area contributed by atoms with Gasteiger partial charge in [0.1, 0.15) is 0 Å². The molecule has 1 heterocycles. The molecule has 0 spiro atoms. The molecule has 1 aromatic carbocycles. The third-order valence-electron chi connectivity index (χ3n) is 3.48. The number of aliphatic hydroxyl groups excluding tert-OH is 1. The second kappa shape index (κ2) is 6.58. The molecule has 0 saturated carbocycles. The number of methoxy groups -OCH3 is 2. The summed E-state index contributed by atoms with van der Waals surface area (Å²) in [5.74, 6) is 0.732. The van der Waals surface area contributed by atoms with E-state index in [0.29, 0.717) is 36.7 Å². The maximum Gasteiger partial charge on any atom is 0.255 e. The Labute approximate surface area is 118 Å². The second-order valence-electron chi connectivity index (χ2n) is 4.74. The van der Waals surface area contributed by atoms with E-state index in [4.69, 9.17) is 9.47 Å². The number of benzene rings is 1. The van der Waals surface area contributed by atoms with Gasteiger partial charge in [0.25, 0.3) is 5.91 Å². The van der Waals surface area contributed by atoms with Crippen molar-refractivity contribution < 1.29 is 19.4 Å². The summed E-state index contributed by atoms with van der Waals surface area (Å²) in [7, 11) is 3.03. The fraction of sp³-hybridized carbons (Fsp3) is 0.500. The van der Waals surface area contributed by atoms with Gasteiger partial charge in [-0.1, -0.05) is 6.07 Å². The summed E-state index contributed by atoms with van der Waals surface area (Å²) in [4.78, 5) is 12.2. The van der Waals surface area contributed by atoms with E-state index in [1.807, 2.05) is 0 Å². The number of rotatable bonds is 5.